The lowest BCUT2D eigenvalue weighted by Gasteiger charge is -2.40. The molecule has 1 aromatic heterocycles. The maximum absolute atomic E-state index is 8.95. The van der Waals surface area contributed by atoms with E-state index in [0.29, 0.717) is 12.2 Å². The van der Waals surface area contributed by atoms with Gasteiger partial charge in [0.1, 0.15) is 11.9 Å². The second-order valence-corrected chi connectivity index (χ2v) is 6.81. The lowest BCUT2D eigenvalue weighted by Crippen LogP contribution is -2.48. The largest absolute Gasteiger partial charge is 0.486 e. The monoisotopic (exact) mass is 335 g/mol. The molecule has 5 heteroatoms. The minimum atomic E-state index is -0.140. The average molecular weight is 335 g/mol. The van der Waals surface area contributed by atoms with Gasteiger partial charge < -0.3 is 14.4 Å². The van der Waals surface area contributed by atoms with E-state index in [2.05, 4.69) is 16.0 Å². The smallest absolute Gasteiger partial charge is 0.138 e. The van der Waals surface area contributed by atoms with Crippen molar-refractivity contribution in [3.05, 3.63) is 54.4 Å². The van der Waals surface area contributed by atoms with Crippen LogP contribution in [0.3, 0.4) is 0 Å². The quantitative estimate of drug-likeness (QED) is 0.862. The summed E-state index contributed by atoms with van der Waals surface area (Å²) in [5.74, 6) is 0.799. The number of benzene rings is 1. The van der Waals surface area contributed by atoms with Crippen LogP contribution in [0.15, 0.2) is 48.8 Å². The van der Waals surface area contributed by atoms with Crippen molar-refractivity contribution in [2.45, 2.75) is 31.0 Å². The summed E-state index contributed by atoms with van der Waals surface area (Å²) in [6.07, 6.45) is 6.62. The van der Waals surface area contributed by atoms with Crippen LogP contribution >= 0.6 is 0 Å². The molecule has 0 aliphatic carbocycles. The molecule has 128 valence electrons. The summed E-state index contributed by atoms with van der Waals surface area (Å²) in [6, 6.07) is 13.8. The Morgan fingerprint density at radius 2 is 2.16 bits per heavy atom. The molecule has 0 unspecified atom stereocenters. The highest BCUT2D eigenvalue weighted by molar-refractivity contribution is 5.50. The molecule has 0 amide bonds. The van der Waals surface area contributed by atoms with Gasteiger partial charge in [-0.05, 0) is 49.2 Å². The van der Waals surface area contributed by atoms with E-state index in [-0.39, 0.29) is 11.7 Å². The summed E-state index contributed by atoms with van der Waals surface area (Å²) in [5.41, 5.74) is 1.70. The number of piperidine rings is 1. The molecule has 2 aliphatic heterocycles. The molecular weight excluding hydrogens is 314 g/mol. The lowest BCUT2D eigenvalue weighted by molar-refractivity contribution is -0.00814. The van der Waals surface area contributed by atoms with Crippen LogP contribution in [0.2, 0.25) is 0 Å². The number of anilines is 1. The summed E-state index contributed by atoms with van der Waals surface area (Å²) in [7, 11) is 0. The Balaban J connectivity index is 1.43. The molecule has 0 saturated carbocycles. The molecule has 3 heterocycles. The van der Waals surface area contributed by atoms with Gasteiger partial charge in [0.2, 0.25) is 0 Å². The summed E-state index contributed by atoms with van der Waals surface area (Å²) in [4.78, 5) is 6.46. The van der Waals surface area contributed by atoms with Crippen molar-refractivity contribution in [3.63, 3.8) is 0 Å². The van der Waals surface area contributed by atoms with Gasteiger partial charge in [0.25, 0.3) is 0 Å². The Morgan fingerprint density at radius 3 is 2.92 bits per heavy atom. The highest BCUT2D eigenvalue weighted by atomic mass is 16.6. The van der Waals surface area contributed by atoms with Gasteiger partial charge in [-0.1, -0.05) is 0 Å². The third kappa shape index (κ3) is 3.45. The number of nitriles is 1. The normalized spacial score (nSPS) is 25.7. The van der Waals surface area contributed by atoms with Crippen molar-refractivity contribution in [1.82, 2.24) is 4.98 Å². The highest BCUT2D eigenvalue weighted by Gasteiger charge is 2.44. The van der Waals surface area contributed by atoms with Gasteiger partial charge in [-0.3, -0.25) is 4.98 Å². The molecule has 2 fully saturated rings. The standard InChI is InChI=1S/C20H21N3O2/c21-12-16-4-6-17(7-5-16)23-10-2-8-20(15-23)11-19(14-24-20)25-18-3-1-9-22-13-18/h1,3-7,9,13,19H,2,8,10-11,14-15H2/t19-,20-/m1/s1. The van der Waals surface area contributed by atoms with Crippen molar-refractivity contribution < 1.29 is 9.47 Å². The molecule has 1 aromatic carbocycles. The van der Waals surface area contributed by atoms with Crippen LogP contribution in [0.25, 0.3) is 0 Å². The maximum atomic E-state index is 8.95. The van der Waals surface area contributed by atoms with Gasteiger partial charge in [-0.25, -0.2) is 0 Å². The third-order valence-electron chi connectivity index (χ3n) is 5.01. The van der Waals surface area contributed by atoms with Crippen LogP contribution in [0.4, 0.5) is 5.69 Å². The SMILES string of the molecule is N#Cc1ccc(N2CCC[C@@]3(C[C@@H](Oc4cccnc4)CO3)C2)cc1. The predicted molar refractivity (Wildman–Crippen MR) is 94.6 cm³/mol. The summed E-state index contributed by atoms with van der Waals surface area (Å²) >= 11 is 0. The van der Waals surface area contributed by atoms with Gasteiger partial charge in [-0.15, -0.1) is 0 Å². The molecule has 4 rings (SSSR count). The zero-order valence-corrected chi connectivity index (χ0v) is 14.1. The van der Waals surface area contributed by atoms with Crippen molar-refractivity contribution in [2.75, 3.05) is 24.6 Å². The number of pyridine rings is 1. The van der Waals surface area contributed by atoms with E-state index >= 15 is 0 Å². The van der Waals surface area contributed by atoms with E-state index in [1.165, 1.54) is 0 Å². The van der Waals surface area contributed by atoms with Crippen LogP contribution < -0.4 is 9.64 Å². The van der Waals surface area contributed by atoms with E-state index in [1.54, 1.807) is 12.4 Å². The lowest BCUT2D eigenvalue weighted by atomic mass is 9.89. The minimum Gasteiger partial charge on any atom is -0.486 e. The first kappa shape index (κ1) is 15.9. The Morgan fingerprint density at radius 1 is 1.28 bits per heavy atom. The highest BCUT2D eigenvalue weighted by Crippen LogP contribution is 2.37. The summed E-state index contributed by atoms with van der Waals surface area (Å²) in [5, 5.41) is 8.95. The van der Waals surface area contributed by atoms with E-state index in [4.69, 9.17) is 14.7 Å². The first-order valence-corrected chi connectivity index (χ1v) is 8.72. The number of hydrogen-bond acceptors (Lipinski definition) is 5. The van der Waals surface area contributed by atoms with E-state index in [9.17, 15) is 0 Å². The number of ether oxygens (including phenoxy) is 2. The molecule has 2 aliphatic rings. The molecule has 2 aromatic rings. The molecule has 1 spiro atoms. The zero-order valence-electron chi connectivity index (χ0n) is 14.1. The van der Waals surface area contributed by atoms with Crippen LogP contribution in [-0.4, -0.2) is 36.4 Å². The summed E-state index contributed by atoms with van der Waals surface area (Å²) < 4.78 is 12.3. The fourth-order valence-corrected chi connectivity index (χ4v) is 3.84. The third-order valence-corrected chi connectivity index (χ3v) is 5.01. The Bertz CT molecular complexity index is 757. The number of aromatic nitrogens is 1. The van der Waals surface area contributed by atoms with Crippen LogP contribution in [0.5, 0.6) is 5.75 Å². The number of rotatable bonds is 3. The van der Waals surface area contributed by atoms with E-state index in [1.807, 2.05) is 36.4 Å². The van der Waals surface area contributed by atoms with Crippen molar-refractivity contribution in [3.8, 4) is 11.8 Å². The molecule has 25 heavy (non-hydrogen) atoms. The van der Waals surface area contributed by atoms with Crippen molar-refractivity contribution in [1.29, 1.82) is 5.26 Å². The molecular formula is C20H21N3O2. The maximum Gasteiger partial charge on any atom is 0.138 e. The Kier molecular flexibility index (Phi) is 4.29. The molecule has 2 atom stereocenters. The predicted octanol–water partition coefficient (Wildman–Crippen LogP) is 3.16. The van der Waals surface area contributed by atoms with Crippen LogP contribution in [-0.2, 0) is 4.74 Å². The summed E-state index contributed by atoms with van der Waals surface area (Å²) in [6.45, 7) is 2.51. The van der Waals surface area contributed by atoms with Gasteiger partial charge in [0.05, 0.1) is 30.0 Å². The van der Waals surface area contributed by atoms with Gasteiger partial charge in [0.15, 0.2) is 0 Å². The van der Waals surface area contributed by atoms with E-state index in [0.717, 1.165) is 43.8 Å². The second-order valence-electron chi connectivity index (χ2n) is 6.81. The fraction of sp³-hybridized carbons (Fsp3) is 0.400. The minimum absolute atomic E-state index is 0.0742. The Hall–Kier alpha value is -2.58. The van der Waals surface area contributed by atoms with Crippen LogP contribution in [0.1, 0.15) is 24.8 Å². The molecule has 5 nitrogen and oxygen atoms in total. The average Bonchev–Trinajstić information content (AvgIpc) is 3.04. The topological polar surface area (TPSA) is 58.4 Å². The first-order chi connectivity index (χ1) is 12.3. The molecule has 0 radical (unpaired) electrons. The second kappa shape index (κ2) is 6.73. The van der Waals surface area contributed by atoms with Gasteiger partial charge in [0, 0.05) is 31.4 Å². The molecule has 2 saturated heterocycles. The fourth-order valence-electron chi connectivity index (χ4n) is 3.84. The number of nitrogens with zero attached hydrogens (tertiary/aromatic N) is 3. The van der Waals surface area contributed by atoms with Gasteiger partial charge >= 0.3 is 0 Å². The van der Waals surface area contributed by atoms with Crippen molar-refractivity contribution in [2.24, 2.45) is 0 Å². The van der Waals surface area contributed by atoms with E-state index < -0.39 is 0 Å². The van der Waals surface area contributed by atoms with Crippen LogP contribution in [0, 0.1) is 11.3 Å². The molecule has 0 bridgehead atoms. The number of hydrogen-bond donors (Lipinski definition) is 0. The zero-order chi connectivity index (χ0) is 17.1. The van der Waals surface area contributed by atoms with Gasteiger partial charge in [-0.2, -0.15) is 5.26 Å². The Labute approximate surface area is 147 Å². The first-order valence-electron chi connectivity index (χ1n) is 8.72. The van der Waals surface area contributed by atoms with Crippen molar-refractivity contribution >= 4 is 5.69 Å². The molecule has 0 N–H and O–H groups in total.